The maximum atomic E-state index is 12.2. The van der Waals surface area contributed by atoms with Crippen LogP contribution in [0.1, 0.15) is 86.5 Å². The van der Waals surface area contributed by atoms with Crippen molar-refractivity contribution in [3.8, 4) is 0 Å². The van der Waals surface area contributed by atoms with Crippen LogP contribution in [-0.4, -0.2) is 37.0 Å². The van der Waals surface area contributed by atoms with Crippen molar-refractivity contribution in [2.75, 3.05) is 13.2 Å². The monoisotopic (exact) mass is 330 g/mol. The van der Waals surface area contributed by atoms with E-state index >= 15 is 0 Å². The topological polar surface area (TPSA) is 44.8 Å². The van der Waals surface area contributed by atoms with Crippen LogP contribution in [-0.2, 0) is 19.0 Å². The third-order valence-corrected chi connectivity index (χ3v) is 3.77. The molecule has 0 amide bonds. The molecule has 23 heavy (non-hydrogen) atoms. The average Bonchev–Trinajstić information content (AvgIpc) is 2.49. The maximum absolute atomic E-state index is 12.2. The number of carbonyl (C=O) groups excluding carboxylic acids is 1. The molecule has 0 aromatic rings. The highest BCUT2D eigenvalue weighted by Crippen LogP contribution is 2.15. The number of unbranched alkanes of at least 4 members (excludes halogenated alkanes) is 5. The van der Waals surface area contributed by atoms with Crippen LogP contribution in [0.5, 0.6) is 0 Å². The van der Waals surface area contributed by atoms with E-state index in [2.05, 4.69) is 6.92 Å². The minimum Gasteiger partial charge on any atom is -0.461 e. The second-order valence-corrected chi connectivity index (χ2v) is 6.94. The molecule has 138 valence electrons. The van der Waals surface area contributed by atoms with E-state index < -0.39 is 5.60 Å². The lowest BCUT2D eigenvalue weighted by molar-refractivity contribution is -0.173. The van der Waals surface area contributed by atoms with Gasteiger partial charge in [0.25, 0.3) is 0 Å². The summed E-state index contributed by atoms with van der Waals surface area (Å²) in [6.45, 7) is 12.7. The Balaban J connectivity index is 3.95. The van der Waals surface area contributed by atoms with Gasteiger partial charge in [-0.15, -0.1) is 0 Å². The van der Waals surface area contributed by atoms with Gasteiger partial charge in [0.15, 0.2) is 5.60 Å². The average molecular weight is 331 g/mol. The van der Waals surface area contributed by atoms with Gasteiger partial charge in [-0.05, 0) is 40.5 Å². The zero-order valence-electron chi connectivity index (χ0n) is 16.2. The Hall–Kier alpha value is -0.610. The Kier molecular flexibility index (Phi) is 12.4. The highest BCUT2D eigenvalue weighted by Gasteiger charge is 2.30. The van der Waals surface area contributed by atoms with Crippen molar-refractivity contribution in [2.24, 2.45) is 0 Å². The van der Waals surface area contributed by atoms with Crippen molar-refractivity contribution in [3.63, 3.8) is 0 Å². The van der Waals surface area contributed by atoms with Crippen molar-refractivity contribution in [2.45, 2.75) is 104 Å². The Morgan fingerprint density at radius 1 is 1.00 bits per heavy atom. The van der Waals surface area contributed by atoms with E-state index in [-0.39, 0.29) is 24.8 Å². The summed E-state index contributed by atoms with van der Waals surface area (Å²) < 4.78 is 16.8. The molecule has 0 fully saturated rings. The molecule has 0 rings (SSSR count). The van der Waals surface area contributed by atoms with Crippen LogP contribution in [0.15, 0.2) is 0 Å². The normalized spacial score (nSPS) is 13.3. The fourth-order valence-corrected chi connectivity index (χ4v) is 2.25. The quantitative estimate of drug-likeness (QED) is 0.336. The van der Waals surface area contributed by atoms with Crippen molar-refractivity contribution in [1.29, 1.82) is 0 Å². The third-order valence-electron chi connectivity index (χ3n) is 3.77. The molecule has 4 heteroatoms. The minimum absolute atomic E-state index is 0.0479. The molecule has 0 aromatic heterocycles. The predicted octanol–water partition coefficient (Wildman–Crippen LogP) is 4.89. The minimum atomic E-state index is -0.889. The summed E-state index contributed by atoms with van der Waals surface area (Å²) in [5, 5.41) is 0. The van der Waals surface area contributed by atoms with Gasteiger partial charge in [0.05, 0.1) is 12.2 Å². The first kappa shape index (κ1) is 22.4. The van der Waals surface area contributed by atoms with Crippen LogP contribution >= 0.6 is 0 Å². The molecule has 0 saturated carbocycles. The molecule has 0 aliphatic heterocycles. The lowest BCUT2D eigenvalue weighted by Crippen LogP contribution is -2.39. The first-order valence-electron chi connectivity index (χ1n) is 9.30. The standard InChI is InChI=1S/C19H38O4/c1-7-9-10-11-12-13-14-22-19(5,6)18(20)21-15-17(8-2)23-16(3)4/h16-17H,7-15H2,1-6H3. The summed E-state index contributed by atoms with van der Waals surface area (Å²) in [6.07, 6.45) is 8.15. The van der Waals surface area contributed by atoms with E-state index in [1.807, 2.05) is 20.8 Å². The van der Waals surface area contributed by atoms with Crippen LogP contribution in [0.2, 0.25) is 0 Å². The first-order chi connectivity index (χ1) is 10.8. The molecule has 1 unspecified atom stereocenters. The van der Waals surface area contributed by atoms with Crippen LogP contribution in [0.3, 0.4) is 0 Å². The summed E-state index contributed by atoms with van der Waals surface area (Å²) in [4.78, 5) is 12.2. The van der Waals surface area contributed by atoms with Gasteiger partial charge in [0.1, 0.15) is 6.61 Å². The van der Waals surface area contributed by atoms with Gasteiger partial charge in [0, 0.05) is 6.61 Å². The number of hydrogen-bond donors (Lipinski definition) is 0. The zero-order chi connectivity index (χ0) is 17.7. The van der Waals surface area contributed by atoms with Crippen LogP contribution in [0, 0.1) is 0 Å². The summed E-state index contributed by atoms with van der Waals surface area (Å²) in [5.74, 6) is -0.311. The molecule has 1 atom stereocenters. The van der Waals surface area contributed by atoms with Gasteiger partial charge in [-0.25, -0.2) is 4.79 Å². The van der Waals surface area contributed by atoms with Crippen molar-refractivity contribution < 1.29 is 19.0 Å². The van der Waals surface area contributed by atoms with Gasteiger partial charge < -0.3 is 14.2 Å². The van der Waals surface area contributed by atoms with Crippen LogP contribution in [0.25, 0.3) is 0 Å². The van der Waals surface area contributed by atoms with Gasteiger partial charge in [-0.3, -0.25) is 0 Å². The lowest BCUT2D eigenvalue weighted by atomic mass is 10.1. The second-order valence-electron chi connectivity index (χ2n) is 6.94. The van der Waals surface area contributed by atoms with Gasteiger partial charge in [-0.2, -0.15) is 0 Å². The van der Waals surface area contributed by atoms with E-state index in [4.69, 9.17) is 14.2 Å². The molecular formula is C19H38O4. The zero-order valence-corrected chi connectivity index (χ0v) is 16.2. The van der Waals surface area contributed by atoms with E-state index in [1.54, 1.807) is 13.8 Å². The highest BCUT2D eigenvalue weighted by atomic mass is 16.6. The molecule has 0 saturated heterocycles. The smallest absolute Gasteiger partial charge is 0.337 e. The number of hydrogen-bond acceptors (Lipinski definition) is 4. The molecule has 0 bridgehead atoms. The molecule has 0 aliphatic carbocycles. The SMILES string of the molecule is CCCCCCCCOC(C)(C)C(=O)OCC(CC)OC(C)C. The van der Waals surface area contributed by atoms with Gasteiger partial charge in [-0.1, -0.05) is 46.0 Å². The molecule has 0 aromatic carbocycles. The fourth-order valence-electron chi connectivity index (χ4n) is 2.25. The Labute approximate surface area is 143 Å². The molecule has 0 heterocycles. The summed E-state index contributed by atoms with van der Waals surface area (Å²) in [6, 6.07) is 0. The number of carbonyl (C=O) groups is 1. The Morgan fingerprint density at radius 2 is 1.61 bits per heavy atom. The second kappa shape index (κ2) is 12.8. The molecule has 0 spiro atoms. The van der Waals surface area contributed by atoms with Crippen LogP contribution < -0.4 is 0 Å². The van der Waals surface area contributed by atoms with Crippen molar-refractivity contribution >= 4 is 5.97 Å². The lowest BCUT2D eigenvalue weighted by Gasteiger charge is -2.25. The largest absolute Gasteiger partial charge is 0.461 e. The molecule has 0 N–H and O–H groups in total. The van der Waals surface area contributed by atoms with E-state index in [0.29, 0.717) is 6.61 Å². The van der Waals surface area contributed by atoms with E-state index in [1.165, 1.54) is 25.7 Å². The molecular weight excluding hydrogens is 292 g/mol. The Morgan fingerprint density at radius 3 is 2.17 bits per heavy atom. The van der Waals surface area contributed by atoms with E-state index in [0.717, 1.165) is 19.3 Å². The van der Waals surface area contributed by atoms with Crippen LogP contribution in [0.4, 0.5) is 0 Å². The van der Waals surface area contributed by atoms with Gasteiger partial charge >= 0.3 is 5.97 Å². The molecule has 4 nitrogen and oxygen atoms in total. The van der Waals surface area contributed by atoms with E-state index in [9.17, 15) is 4.79 Å². The number of ether oxygens (including phenoxy) is 3. The summed E-state index contributed by atoms with van der Waals surface area (Å²) in [5.41, 5.74) is -0.889. The van der Waals surface area contributed by atoms with Crippen molar-refractivity contribution in [3.05, 3.63) is 0 Å². The predicted molar refractivity (Wildman–Crippen MR) is 94.7 cm³/mol. The fraction of sp³-hybridized carbons (Fsp3) is 0.947. The molecule has 0 radical (unpaired) electrons. The number of rotatable bonds is 14. The third kappa shape index (κ3) is 11.5. The summed E-state index contributed by atoms with van der Waals surface area (Å²) >= 11 is 0. The Bertz CT molecular complexity index is 300. The van der Waals surface area contributed by atoms with Crippen molar-refractivity contribution in [1.82, 2.24) is 0 Å². The maximum Gasteiger partial charge on any atom is 0.337 e. The van der Waals surface area contributed by atoms with Gasteiger partial charge in [0.2, 0.25) is 0 Å². The number of esters is 1. The summed E-state index contributed by atoms with van der Waals surface area (Å²) in [7, 11) is 0. The first-order valence-corrected chi connectivity index (χ1v) is 9.30. The highest BCUT2D eigenvalue weighted by molar-refractivity contribution is 5.78. The molecule has 0 aliphatic rings.